The van der Waals surface area contributed by atoms with Crippen molar-refractivity contribution in [2.24, 2.45) is 11.3 Å². The Balaban J connectivity index is 2.83. The molecule has 148 valence electrons. The summed E-state index contributed by atoms with van der Waals surface area (Å²) in [5, 5.41) is 11.3. The first kappa shape index (κ1) is 23.3. The van der Waals surface area contributed by atoms with Gasteiger partial charge in [0.1, 0.15) is 0 Å². The van der Waals surface area contributed by atoms with Crippen LogP contribution in [-0.4, -0.2) is 15.3 Å². The largest absolute Gasteiger partial charge is 0.389 e. The first-order valence-electron chi connectivity index (χ1n) is 10.0. The van der Waals surface area contributed by atoms with E-state index in [4.69, 9.17) is 0 Å². The van der Waals surface area contributed by atoms with E-state index in [0.717, 1.165) is 30.4 Å². The van der Waals surface area contributed by atoms with Gasteiger partial charge in [-0.2, -0.15) is 0 Å². The van der Waals surface area contributed by atoms with E-state index in [9.17, 15) is 9.66 Å². The Morgan fingerprint density at radius 2 is 1.65 bits per heavy atom. The molecular formula is C23H38O2S. The fraction of sp³-hybridized carbons (Fsp3) is 0.652. The Labute approximate surface area is 165 Å². The third kappa shape index (κ3) is 5.87. The Bertz CT molecular complexity index is 514. The lowest BCUT2D eigenvalue weighted by Crippen LogP contribution is -2.49. The molecule has 0 aromatic heterocycles. The number of benzene rings is 1. The normalized spacial score (nSPS) is 18.5. The smallest absolute Gasteiger partial charge is 0.0747 e. The lowest BCUT2D eigenvalue weighted by molar-refractivity contribution is -0.0830. The summed E-state index contributed by atoms with van der Waals surface area (Å²) >= 11 is 0.828. The van der Waals surface area contributed by atoms with Gasteiger partial charge in [0, 0.05) is 11.3 Å². The second kappa shape index (κ2) is 11.2. The van der Waals surface area contributed by atoms with Crippen LogP contribution < -0.4 is 0 Å². The standard InChI is InChI=1S/C23H38O2S/c1-6-8-9-10-11-15-18-22(4,7-2)23(5,24)19(3)21(26-25)20-16-13-12-14-17-20/h7,12-14,16-17,19,21,24-25H,2,6,8-11,15,18H2,1,3-5H3. The van der Waals surface area contributed by atoms with Crippen LogP contribution in [0.15, 0.2) is 43.0 Å². The quantitative estimate of drug-likeness (QED) is 0.215. The van der Waals surface area contributed by atoms with Gasteiger partial charge in [-0.25, -0.2) is 0 Å². The average molecular weight is 379 g/mol. The third-order valence-corrected chi connectivity index (χ3v) is 7.15. The second-order valence-corrected chi connectivity index (χ2v) is 8.73. The monoisotopic (exact) mass is 378 g/mol. The summed E-state index contributed by atoms with van der Waals surface area (Å²) in [5.74, 6) is -0.122. The zero-order valence-corrected chi connectivity index (χ0v) is 17.9. The van der Waals surface area contributed by atoms with Crippen molar-refractivity contribution in [3.05, 3.63) is 48.6 Å². The molecule has 0 saturated carbocycles. The van der Waals surface area contributed by atoms with Gasteiger partial charge in [0.05, 0.1) is 10.9 Å². The molecule has 0 fully saturated rings. The van der Waals surface area contributed by atoms with Crippen molar-refractivity contribution in [2.75, 3.05) is 0 Å². The molecule has 4 unspecified atom stereocenters. The summed E-state index contributed by atoms with van der Waals surface area (Å²) in [5.41, 5.74) is -0.312. The molecular weight excluding hydrogens is 340 g/mol. The Morgan fingerprint density at radius 1 is 1.08 bits per heavy atom. The molecule has 2 nitrogen and oxygen atoms in total. The highest BCUT2D eigenvalue weighted by molar-refractivity contribution is 7.94. The van der Waals surface area contributed by atoms with E-state index >= 15 is 0 Å². The molecule has 0 spiro atoms. The van der Waals surface area contributed by atoms with Gasteiger partial charge in [0.2, 0.25) is 0 Å². The molecule has 2 N–H and O–H groups in total. The van der Waals surface area contributed by atoms with Gasteiger partial charge in [-0.15, -0.1) is 6.58 Å². The van der Waals surface area contributed by atoms with E-state index in [0.29, 0.717) is 0 Å². The van der Waals surface area contributed by atoms with Crippen LogP contribution in [0.25, 0.3) is 0 Å². The van der Waals surface area contributed by atoms with Gasteiger partial charge in [-0.05, 0) is 31.0 Å². The maximum absolute atomic E-state index is 11.5. The van der Waals surface area contributed by atoms with Gasteiger partial charge in [-0.1, -0.05) is 95.7 Å². The molecule has 0 aliphatic heterocycles. The summed E-state index contributed by atoms with van der Waals surface area (Å²) < 4.78 is 9.93. The van der Waals surface area contributed by atoms with Gasteiger partial charge >= 0.3 is 0 Å². The SMILES string of the molecule is C=CC(C)(CCCCCCCC)C(C)(O)C(C)C(SO)c1ccccc1. The average Bonchev–Trinajstić information content (AvgIpc) is 2.65. The minimum absolute atomic E-state index is 0.122. The highest BCUT2D eigenvalue weighted by Gasteiger charge is 2.47. The van der Waals surface area contributed by atoms with Crippen LogP contribution in [0, 0.1) is 11.3 Å². The molecule has 0 saturated heterocycles. The predicted molar refractivity (Wildman–Crippen MR) is 115 cm³/mol. The summed E-state index contributed by atoms with van der Waals surface area (Å²) in [7, 11) is 0. The molecule has 0 bridgehead atoms. The molecule has 0 radical (unpaired) electrons. The molecule has 1 rings (SSSR count). The summed E-state index contributed by atoms with van der Waals surface area (Å²) in [6.45, 7) is 12.3. The number of hydrogen-bond donors (Lipinski definition) is 2. The summed E-state index contributed by atoms with van der Waals surface area (Å²) in [4.78, 5) is 0. The van der Waals surface area contributed by atoms with Crippen LogP contribution in [-0.2, 0) is 0 Å². The maximum atomic E-state index is 11.5. The van der Waals surface area contributed by atoms with Crippen molar-refractivity contribution < 1.29 is 9.66 Å². The zero-order chi connectivity index (χ0) is 19.6. The van der Waals surface area contributed by atoms with Crippen LogP contribution in [0.1, 0.15) is 83.5 Å². The second-order valence-electron chi connectivity index (χ2n) is 8.01. The van der Waals surface area contributed by atoms with E-state index in [1.807, 2.05) is 50.3 Å². The van der Waals surface area contributed by atoms with Crippen molar-refractivity contribution in [3.8, 4) is 0 Å². The summed E-state index contributed by atoms with van der Waals surface area (Å²) in [6.07, 6.45) is 10.2. The number of rotatable bonds is 13. The lowest BCUT2D eigenvalue weighted by Gasteiger charge is -2.47. The summed E-state index contributed by atoms with van der Waals surface area (Å²) in [6, 6.07) is 9.95. The number of aliphatic hydroxyl groups is 1. The molecule has 1 aromatic carbocycles. The van der Waals surface area contributed by atoms with Crippen molar-refractivity contribution in [2.45, 2.75) is 83.5 Å². The molecule has 1 aromatic rings. The highest BCUT2D eigenvalue weighted by Crippen LogP contribution is 2.49. The first-order valence-corrected chi connectivity index (χ1v) is 10.9. The van der Waals surface area contributed by atoms with Gasteiger partial charge in [0.15, 0.2) is 0 Å². The molecule has 4 atom stereocenters. The minimum atomic E-state index is -0.964. The van der Waals surface area contributed by atoms with E-state index in [1.165, 1.54) is 32.1 Å². The van der Waals surface area contributed by atoms with Crippen molar-refractivity contribution in [1.82, 2.24) is 0 Å². The fourth-order valence-corrected chi connectivity index (χ4v) is 4.46. The van der Waals surface area contributed by atoms with E-state index in [2.05, 4.69) is 20.4 Å². The van der Waals surface area contributed by atoms with Crippen LogP contribution >= 0.6 is 12.0 Å². The van der Waals surface area contributed by atoms with Crippen LogP contribution in [0.5, 0.6) is 0 Å². The van der Waals surface area contributed by atoms with Crippen LogP contribution in [0.3, 0.4) is 0 Å². The first-order chi connectivity index (χ1) is 12.3. The zero-order valence-electron chi connectivity index (χ0n) is 17.1. The third-order valence-electron chi connectivity index (χ3n) is 6.24. The van der Waals surface area contributed by atoms with Crippen molar-refractivity contribution in [3.63, 3.8) is 0 Å². The number of hydrogen-bond acceptors (Lipinski definition) is 3. The van der Waals surface area contributed by atoms with Crippen molar-refractivity contribution in [1.29, 1.82) is 0 Å². The van der Waals surface area contributed by atoms with Crippen LogP contribution in [0.4, 0.5) is 0 Å². The Hall–Kier alpha value is -0.770. The predicted octanol–water partition coefficient (Wildman–Crippen LogP) is 7.26. The Morgan fingerprint density at radius 3 is 2.19 bits per heavy atom. The van der Waals surface area contributed by atoms with E-state index < -0.39 is 5.60 Å². The molecule has 0 aliphatic carbocycles. The van der Waals surface area contributed by atoms with Crippen molar-refractivity contribution >= 4 is 12.0 Å². The van der Waals surface area contributed by atoms with Gasteiger partial charge in [-0.3, -0.25) is 0 Å². The Kier molecular flexibility index (Phi) is 9.99. The lowest BCUT2D eigenvalue weighted by atomic mass is 9.64. The fourth-order valence-electron chi connectivity index (χ4n) is 3.73. The molecule has 0 aliphatic rings. The molecule has 26 heavy (non-hydrogen) atoms. The molecule has 0 amide bonds. The molecule has 3 heteroatoms. The number of unbranched alkanes of at least 4 members (excludes halogenated alkanes) is 5. The van der Waals surface area contributed by atoms with Gasteiger partial charge in [0.25, 0.3) is 0 Å². The maximum Gasteiger partial charge on any atom is 0.0747 e. The van der Waals surface area contributed by atoms with Gasteiger partial charge < -0.3 is 9.66 Å². The van der Waals surface area contributed by atoms with Crippen LogP contribution in [0.2, 0.25) is 0 Å². The highest BCUT2D eigenvalue weighted by atomic mass is 32.2. The van der Waals surface area contributed by atoms with E-state index in [-0.39, 0.29) is 16.6 Å². The van der Waals surface area contributed by atoms with E-state index in [1.54, 1.807) is 0 Å². The minimum Gasteiger partial charge on any atom is -0.389 e. The topological polar surface area (TPSA) is 40.5 Å². The molecule has 0 heterocycles.